The molecular weight excluding hydrogens is 300 g/mol. The van der Waals surface area contributed by atoms with E-state index in [1.807, 2.05) is 0 Å². The number of aromatic nitrogens is 2. The van der Waals surface area contributed by atoms with Crippen LogP contribution in [0.3, 0.4) is 0 Å². The van der Waals surface area contributed by atoms with Crippen molar-refractivity contribution in [2.24, 2.45) is 0 Å². The van der Waals surface area contributed by atoms with E-state index in [0.29, 0.717) is 18.0 Å². The molecule has 2 heterocycles. The first-order valence-corrected chi connectivity index (χ1v) is 8.68. The molecule has 0 atom stereocenters. The highest BCUT2D eigenvalue weighted by atomic mass is 32.1. The Morgan fingerprint density at radius 1 is 1.32 bits per heavy atom. The van der Waals surface area contributed by atoms with Gasteiger partial charge in [-0.1, -0.05) is 30.8 Å². The van der Waals surface area contributed by atoms with E-state index in [0.717, 1.165) is 49.3 Å². The van der Waals surface area contributed by atoms with E-state index in [1.54, 1.807) is 0 Å². The number of anilines is 1. The maximum Gasteiger partial charge on any atom is 0.247 e. The van der Waals surface area contributed by atoms with E-state index < -0.39 is 0 Å². The number of nitrogens with one attached hydrogen (secondary N) is 1. The van der Waals surface area contributed by atoms with E-state index in [1.165, 1.54) is 24.2 Å². The van der Waals surface area contributed by atoms with Gasteiger partial charge in [-0.2, -0.15) is 0 Å². The molecule has 0 unspecified atom stereocenters. The van der Waals surface area contributed by atoms with Gasteiger partial charge in [0.15, 0.2) is 0 Å². The molecule has 1 aliphatic carbocycles. The minimum atomic E-state index is -0.0463. The first kappa shape index (κ1) is 15.4. The number of carbonyl (C=O) groups excluding carboxylic acids is 1. The Hall–Kier alpha value is -1.47. The predicted octanol–water partition coefficient (Wildman–Crippen LogP) is 1.53. The van der Waals surface area contributed by atoms with Gasteiger partial charge in [0.05, 0.1) is 13.2 Å². The molecular formula is C15H22N4O2S. The highest BCUT2D eigenvalue weighted by Gasteiger charge is 2.20. The zero-order chi connectivity index (χ0) is 15.4. The largest absolute Gasteiger partial charge is 0.378 e. The molecule has 1 N–H and O–H groups in total. The van der Waals surface area contributed by atoms with Crippen molar-refractivity contribution in [3.63, 3.8) is 0 Å². The van der Waals surface area contributed by atoms with E-state index in [9.17, 15) is 4.79 Å². The lowest BCUT2D eigenvalue weighted by atomic mass is 10.2. The van der Waals surface area contributed by atoms with Crippen LogP contribution in [0.2, 0.25) is 0 Å². The molecule has 120 valence electrons. The highest BCUT2D eigenvalue weighted by molar-refractivity contribution is 7.15. The second-order valence-electron chi connectivity index (χ2n) is 5.81. The van der Waals surface area contributed by atoms with Crippen LogP contribution in [0.5, 0.6) is 0 Å². The minimum absolute atomic E-state index is 0.0463. The number of carbonyl (C=O) groups is 1. The summed E-state index contributed by atoms with van der Waals surface area (Å²) in [5.74, 6) is -0.0463. The average Bonchev–Trinajstić information content (AvgIpc) is 3.20. The summed E-state index contributed by atoms with van der Waals surface area (Å²) in [6.45, 7) is 7.05. The number of ether oxygens (including phenoxy) is 1. The minimum Gasteiger partial charge on any atom is -0.378 e. The summed E-state index contributed by atoms with van der Waals surface area (Å²) in [5.41, 5.74) is 0.566. The molecule has 2 fully saturated rings. The van der Waals surface area contributed by atoms with E-state index >= 15 is 0 Å². The Kier molecular flexibility index (Phi) is 5.04. The lowest BCUT2D eigenvalue weighted by Gasteiger charge is -2.25. The molecule has 6 nitrogen and oxygen atoms in total. The normalized spacial score (nSPS) is 19.4. The van der Waals surface area contributed by atoms with Crippen LogP contribution >= 0.6 is 11.3 Å². The van der Waals surface area contributed by atoms with Crippen LogP contribution in [0.25, 0.3) is 0 Å². The number of hydrogen-bond acceptors (Lipinski definition) is 6. The average molecular weight is 322 g/mol. The molecule has 1 saturated heterocycles. The van der Waals surface area contributed by atoms with Gasteiger partial charge in [0.2, 0.25) is 11.0 Å². The van der Waals surface area contributed by atoms with Gasteiger partial charge in [-0.3, -0.25) is 4.79 Å². The van der Waals surface area contributed by atoms with Crippen LogP contribution in [0.1, 0.15) is 30.7 Å². The van der Waals surface area contributed by atoms with Crippen LogP contribution in [-0.4, -0.2) is 48.4 Å². The van der Waals surface area contributed by atoms with Crippen LogP contribution in [0, 0.1) is 0 Å². The third kappa shape index (κ3) is 3.84. The second-order valence-corrected chi connectivity index (χ2v) is 6.85. The van der Waals surface area contributed by atoms with E-state index in [4.69, 9.17) is 4.74 Å². The molecule has 0 bridgehead atoms. The van der Waals surface area contributed by atoms with Crippen molar-refractivity contribution >= 4 is 22.4 Å². The molecule has 1 saturated carbocycles. The first-order chi connectivity index (χ1) is 10.7. The zero-order valence-electron chi connectivity index (χ0n) is 12.7. The SMILES string of the molecule is C=C(Cc1nnc(N2CCOCC2)s1)C(=O)NC1CCCC1. The fraction of sp³-hybridized carbons (Fsp3) is 0.667. The summed E-state index contributed by atoms with van der Waals surface area (Å²) >= 11 is 1.54. The van der Waals surface area contributed by atoms with Gasteiger partial charge >= 0.3 is 0 Å². The Labute approximate surface area is 134 Å². The van der Waals surface area contributed by atoms with Crippen LogP contribution in [-0.2, 0) is 16.0 Å². The maximum atomic E-state index is 12.1. The Bertz CT molecular complexity index is 533. The quantitative estimate of drug-likeness (QED) is 0.833. The van der Waals surface area contributed by atoms with Crippen molar-refractivity contribution in [2.45, 2.75) is 38.1 Å². The topological polar surface area (TPSA) is 67.3 Å². The van der Waals surface area contributed by atoms with Gasteiger partial charge in [-0.05, 0) is 12.8 Å². The lowest BCUT2D eigenvalue weighted by Crippen LogP contribution is -2.36. The van der Waals surface area contributed by atoms with Gasteiger partial charge in [0.25, 0.3) is 0 Å². The molecule has 1 aromatic rings. The van der Waals surface area contributed by atoms with Gasteiger partial charge in [0, 0.05) is 31.1 Å². The second kappa shape index (κ2) is 7.19. The van der Waals surface area contributed by atoms with Crippen molar-refractivity contribution < 1.29 is 9.53 Å². The predicted molar refractivity (Wildman–Crippen MR) is 86.2 cm³/mol. The molecule has 22 heavy (non-hydrogen) atoms. The number of nitrogens with zero attached hydrogens (tertiary/aromatic N) is 3. The molecule has 3 rings (SSSR count). The lowest BCUT2D eigenvalue weighted by molar-refractivity contribution is -0.118. The number of rotatable bonds is 5. The van der Waals surface area contributed by atoms with Crippen molar-refractivity contribution in [3.05, 3.63) is 17.2 Å². The maximum absolute atomic E-state index is 12.1. The molecule has 2 aliphatic rings. The van der Waals surface area contributed by atoms with Gasteiger partial charge in [-0.25, -0.2) is 0 Å². The molecule has 0 aromatic carbocycles. The standard InChI is InChI=1S/C15H22N4O2S/c1-11(14(20)16-12-4-2-3-5-12)10-13-17-18-15(22-13)19-6-8-21-9-7-19/h12H,1-10H2,(H,16,20). The number of hydrogen-bond donors (Lipinski definition) is 1. The molecule has 0 radical (unpaired) electrons. The van der Waals surface area contributed by atoms with Gasteiger partial charge in [-0.15, -0.1) is 10.2 Å². The highest BCUT2D eigenvalue weighted by Crippen LogP contribution is 2.23. The summed E-state index contributed by atoms with van der Waals surface area (Å²) in [4.78, 5) is 14.3. The van der Waals surface area contributed by atoms with Crippen LogP contribution in [0.4, 0.5) is 5.13 Å². The molecule has 1 aliphatic heterocycles. The third-order valence-corrected chi connectivity index (χ3v) is 5.10. The van der Waals surface area contributed by atoms with Crippen LogP contribution < -0.4 is 10.2 Å². The first-order valence-electron chi connectivity index (χ1n) is 7.86. The fourth-order valence-corrected chi connectivity index (χ4v) is 3.75. The third-order valence-electron chi connectivity index (χ3n) is 4.11. The molecule has 0 spiro atoms. The summed E-state index contributed by atoms with van der Waals surface area (Å²) in [6.07, 6.45) is 5.05. The Balaban J connectivity index is 1.52. The summed E-state index contributed by atoms with van der Waals surface area (Å²) in [6, 6.07) is 0.322. The van der Waals surface area contributed by atoms with Crippen LogP contribution in [0.15, 0.2) is 12.2 Å². The Morgan fingerprint density at radius 2 is 2.05 bits per heavy atom. The smallest absolute Gasteiger partial charge is 0.247 e. The monoisotopic (exact) mass is 322 g/mol. The fourth-order valence-electron chi connectivity index (χ4n) is 2.82. The van der Waals surface area contributed by atoms with Gasteiger partial charge < -0.3 is 15.0 Å². The number of amides is 1. The summed E-state index contributed by atoms with van der Waals surface area (Å²) in [5, 5.41) is 13.2. The van der Waals surface area contributed by atoms with Crippen molar-refractivity contribution in [3.8, 4) is 0 Å². The van der Waals surface area contributed by atoms with Gasteiger partial charge in [0.1, 0.15) is 5.01 Å². The van der Waals surface area contributed by atoms with E-state index in [2.05, 4.69) is 27.0 Å². The Morgan fingerprint density at radius 3 is 2.77 bits per heavy atom. The summed E-state index contributed by atoms with van der Waals surface area (Å²) < 4.78 is 5.34. The summed E-state index contributed by atoms with van der Waals surface area (Å²) in [7, 11) is 0. The molecule has 1 amide bonds. The van der Waals surface area contributed by atoms with Crippen molar-refractivity contribution in [1.82, 2.24) is 15.5 Å². The zero-order valence-corrected chi connectivity index (χ0v) is 13.5. The van der Waals surface area contributed by atoms with Crippen molar-refractivity contribution in [1.29, 1.82) is 0 Å². The molecule has 7 heteroatoms. The van der Waals surface area contributed by atoms with Crippen molar-refractivity contribution in [2.75, 3.05) is 31.2 Å². The van der Waals surface area contributed by atoms with E-state index in [-0.39, 0.29) is 5.91 Å². The molecule has 1 aromatic heterocycles. The number of morpholine rings is 1.